The lowest BCUT2D eigenvalue weighted by Gasteiger charge is -2.33. The molecule has 0 atom stereocenters. The van der Waals surface area contributed by atoms with E-state index in [1.807, 2.05) is 7.05 Å². The van der Waals surface area contributed by atoms with Crippen LogP contribution in [-0.2, 0) is 9.53 Å². The first-order chi connectivity index (χ1) is 10.1. The van der Waals surface area contributed by atoms with E-state index >= 15 is 0 Å². The van der Waals surface area contributed by atoms with Crippen LogP contribution in [0.2, 0.25) is 0 Å². The van der Waals surface area contributed by atoms with Gasteiger partial charge < -0.3 is 15.0 Å². The Kier molecular flexibility index (Phi) is 11.7. The van der Waals surface area contributed by atoms with Gasteiger partial charge in [-0.25, -0.2) is 0 Å². The molecule has 1 heterocycles. The Bertz CT molecular complexity index is 340. The van der Waals surface area contributed by atoms with Gasteiger partial charge in [-0.3, -0.25) is 9.79 Å². The summed E-state index contributed by atoms with van der Waals surface area (Å²) < 4.78 is 4.82. The fraction of sp³-hybridized carbons (Fsp3) is 0.875. The van der Waals surface area contributed by atoms with Crippen LogP contribution in [0.25, 0.3) is 0 Å². The van der Waals surface area contributed by atoms with Gasteiger partial charge in [0.05, 0.1) is 13.0 Å². The molecule has 0 saturated carbocycles. The fourth-order valence-electron chi connectivity index (χ4n) is 2.70. The predicted octanol–water partition coefficient (Wildman–Crippen LogP) is 2.89. The number of ether oxygens (including phenoxy) is 1. The third-order valence-corrected chi connectivity index (χ3v) is 4.03. The minimum absolute atomic E-state index is 0. The number of hydrogen-bond donors (Lipinski definition) is 1. The molecule has 0 amide bonds. The van der Waals surface area contributed by atoms with E-state index in [0.29, 0.717) is 0 Å². The lowest BCUT2D eigenvalue weighted by Crippen LogP contribution is -2.46. The maximum absolute atomic E-state index is 11.5. The van der Waals surface area contributed by atoms with Gasteiger partial charge in [0.25, 0.3) is 0 Å². The molecule has 22 heavy (non-hydrogen) atoms. The van der Waals surface area contributed by atoms with Crippen LogP contribution in [-0.4, -0.2) is 50.6 Å². The Morgan fingerprint density at radius 2 is 1.95 bits per heavy atom. The van der Waals surface area contributed by atoms with Crippen molar-refractivity contribution >= 4 is 35.9 Å². The predicted molar refractivity (Wildman–Crippen MR) is 102 cm³/mol. The molecule has 1 aliphatic heterocycles. The van der Waals surface area contributed by atoms with Crippen LogP contribution in [0, 0.1) is 11.8 Å². The number of guanidine groups is 1. The number of aliphatic imine (C=N–C) groups is 1. The molecule has 0 aromatic carbocycles. The molecule has 1 rings (SSSR count). The Morgan fingerprint density at radius 1 is 1.32 bits per heavy atom. The van der Waals surface area contributed by atoms with E-state index in [1.165, 1.54) is 26.4 Å². The number of piperidine rings is 1. The molecule has 1 saturated heterocycles. The third kappa shape index (κ3) is 7.65. The maximum atomic E-state index is 11.5. The molecule has 1 N–H and O–H groups in total. The van der Waals surface area contributed by atoms with E-state index in [0.717, 1.165) is 44.4 Å². The van der Waals surface area contributed by atoms with Crippen LogP contribution in [0.4, 0.5) is 0 Å². The number of halogens is 1. The van der Waals surface area contributed by atoms with Crippen molar-refractivity contribution in [3.63, 3.8) is 0 Å². The van der Waals surface area contributed by atoms with Crippen molar-refractivity contribution in [2.45, 2.75) is 46.0 Å². The SMILES string of the molecule is CN=C(NCCCCC(C)C)N1CCC(C(=O)OC)CC1.I. The van der Waals surface area contributed by atoms with Gasteiger partial charge in [-0.2, -0.15) is 0 Å². The molecule has 6 heteroatoms. The van der Waals surface area contributed by atoms with Crippen LogP contribution in [0.1, 0.15) is 46.0 Å². The lowest BCUT2D eigenvalue weighted by atomic mass is 9.97. The van der Waals surface area contributed by atoms with Gasteiger partial charge in [0.15, 0.2) is 5.96 Å². The zero-order valence-electron chi connectivity index (χ0n) is 14.4. The summed E-state index contributed by atoms with van der Waals surface area (Å²) in [5.41, 5.74) is 0. The molecule has 1 aliphatic rings. The van der Waals surface area contributed by atoms with Gasteiger partial charge in [-0.05, 0) is 25.2 Å². The molecule has 1 fully saturated rings. The Balaban J connectivity index is 0.00000441. The van der Waals surface area contributed by atoms with Gasteiger partial charge in [0.2, 0.25) is 0 Å². The minimum Gasteiger partial charge on any atom is -0.469 e. The highest BCUT2D eigenvalue weighted by Crippen LogP contribution is 2.18. The van der Waals surface area contributed by atoms with Crippen LogP contribution >= 0.6 is 24.0 Å². The second-order valence-electron chi connectivity index (χ2n) is 6.15. The van der Waals surface area contributed by atoms with Crippen LogP contribution < -0.4 is 5.32 Å². The van der Waals surface area contributed by atoms with E-state index in [1.54, 1.807) is 0 Å². The zero-order valence-corrected chi connectivity index (χ0v) is 16.8. The first kappa shape index (κ1) is 21.5. The van der Waals surface area contributed by atoms with E-state index in [4.69, 9.17) is 4.74 Å². The molecule has 0 unspecified atom stereocenters. The molecule has 0 radical (unpaired) electrons. The summed E-state index contributed by atoms with van der Waals surface area (Å²) in [6.45, 7) is 7.23. The van der Waals surface area contributed by atoms with Crippen molar-refractivity contribution in [2.24, 2.45) is 16.8 Å². The molecule has 0 bridgehead atoms. The lowest BCUT2D eigenvalue weighted by molar-refractivity contribution is -0.146. The van der Waals surface area contributed by atoms with E-state index in [-0.39, 0.29) is 35.9 Å². The molecule has 0 aliphatic carbocycles. The zero-order chi connectivity index (χ0) is 15.7. The molecule has 0 aromatic rings. The summed E-state index contributed by atoms with van der Waals surface area (Å²) in [6, 6.07) is 0. The van der Waals surface area contributed by atoms with Crippen LogP contribution in [0.5, 0.6) is 0 Å². The summed E-state index contributed by atoms with van der Waals surface area (Å²) in [5, 5.41) is 3.43. The second kappa shape index (κ2) is 12.0. The first-order valence-electron chi connectivity index (χ1n) is 8.12. The number of rotatable bonds is 6. The fourth-order valence-corrected chi connectivity index (χ4v) is 2.70. The van der Waals surface area contributed by atoms with Crippen molar-refractivity contribution in [3.05, 3.63) is 0 Å². The Labute approximate surface area is 152 Å². The van der Waals surface area contributed by atoms with E-state index in [9.17, 15) is 4.79 Å². The molecule has 5 nitrogen and oxygen atoms in total. The normalized spacial score (nSPS) is 16.4. The van der Waals surface area contributed by atoms with Gasteiger partial charge in [-0.15, -0.1) is 24.0 Å². The highest BCUT2D eigenvalue weighted by molar-refractivity contribution is 14.0. The number of esters is 1. The van der Waals surface area contributed by atoms with Crippen molar-refractivity contribution in [2.75, 3.05) is 33.8 Å². The van der Waals surface area contributed by atoms with Crippen LogP contribution in [0.15, 0.2) is 4.99 Å². The highest BCUT2D eigenvalue weighted by Gasteiger charge is 2.26. The number of nitrogens with one attached hydrogen (secondary N) is 1. The van der Waals surface area contributed by atoms with Crippen molar-refractivity contribution in [1.29, 1.82) is 0 Å². The van der Waals surface area contributed by atoms with Crippen molar-refractivity contribution in [1.82, 2.24) is 10.2 Å². The topological polar surface area (TPSA) is 53.9 Å². The Morgan fingerprint density at radius 3 is 2.45 bits per heavy atom. The quantitative estimate of drug-likeness (QED) is 0.234. The van der Waals surface area contributed by atoms with Crippen LogP contribution in [0.3, 0.4) is 0 Å². The molecule has 130 valence electrons. The van der Waals surface area contributed by atoms with E-state index < -0.39 is 0 Å². The number of unbranched alkanes of at least 4 members (excludes halogenated alkanes) is 1. The summed E-state index contributed by atoms with van der Waals surface area (Å²) in [4.78, 5) is 18.1. The summed E-state index contributed by atoms with van der Waals surface area (Å²) in [6.07, 6.45) is 5.41. The maximum Gasteiger partial charge on any atom is 0.308 e. The monoisotopic (exact) mass is 425 g/mol. The van der Waals surface area contributed by atoms with E-state index in [2.05, 4.69) is 29.1 Å². The molecule has 0 aromatic heterocycles. The number of carbonyl (C=O) groups excluding carboxylic acids is 1. The molecular weight excluding hydrogens is 393 g/mol. The summed E-state index contributed by atoms with van der Waals surface area (Å²) in [7, 11) is 3.29. The number of likely N-dealkylation sites (tertiary alicyclic amines) is 1. The van der Waals surface area contributed by atoms with Crippen molar-refractivity contribution < 1.29 is 9.53 Å². The summed E-state index contributed by atoms with van der Waals surface area (Å²) in [5.74, 6) is 1.71. The molecule has 0 spiro atoms. The summed E-state index contributed by atoms with van der Waals surface area (Å²) >= 11 is 0. The smallest absolute Gasteiger partial charge is 0.308 e. The second-order valence-corrected chi connectivity index (χ2v) is 6.15. The number of methoxy groups -OCH3 is 1. The number of carbonyl (C=O) groups is 1. The molecular formula is C16H32IN3O2. The van der Waals surface area contributed by atoms with Crippen molar-refractivity contribution in [3.8, 4) is 0 Å². The number of hydrogen-bond acceptors (Lipinski definition) is 3. The third-order valence-electron chi connectivity index (χ3n) is 4.03. The largest absolute Gasteiger partial charge is 0.469 e. The Hall–Kier alpha value is -0.530. The number of nitrogens with zero attached hydrogens (tertiary/aromatic N) is 2. The minimum atomic E-state index is -0.0775. The van der Waals surface area contributed by atoms with Gasteiger partial charge in [0, 0.05) is 26.7 Å². The highest BCUT2D eigenvalue weighted by atomic mass is 127. The average Bonchev–Trinajstić information content (AvgIpc) is 2.50. The average molecular weight is 425 g/mol. The standard InChI is InChI=1S/C16H31N3O2.HI/c1-13(2)7-5-6-10-18-16(17-3)19-11-8-14(9-12-19)15(20)21-4;/h13-14H,5-12H2,1-4H3,(H,17,18);1H. The van der Waals surface area contributed by atoms with Gasteiger partial charge in [-0.1, -0.05) is 26.7 Å². The first-order valence-corrected chi connectivity index (χ1v) is 8.12. The van der Waals surface area contributed by atoms with Gasteiger partial charge in [0.1, 0.15) is 0 Å². The van der Waals surface area contributed by atoms with Gasteiger partial charge >= 0.3 is 5.97 Å².